The van der Waals surface area contributed by atoms with Crippen LogP contribution >= 0.6 is 11.6 Å². The lowest BCUT2D eigenvalue weighted by atomic mass is 10.1. The normalized spacial score (nSPS) is 12.1. The largest absolute Gasteiger partial charge is 0.496 e. The first kappa shape index (κ1) is 15.7. The molecule has 0 aliphatic heterocycles. The van der Waals surface area contributed by atoms with Crippen molar-refractivity contribution in [3.8, 4) is 17.2 Å². The molecule has 2 rings (SSSR count). The zero-order valence-corrected chi connectivity index (χ0v) is 13.5. The Morgan fingerprint density at radius 3 is 2.19 bits per heavy atom. The maximum absolute atomic E-state index is 6.11. The molecule has 1 atom stereocenters. The second kappa shape index (κ2) is 6.37. The predicted octanol–water partition coefficient (Wildman–Crippen LogP) is 4.78. The van der Waals surface area contributed by atoms with E-state index in [1.807, 2.05) is 51.1 Å². The molecule has 0 saturated heterocycles. The van der Waals surface area contributed by atoms with Crippen LogP contribution in [0.25, 0.3) is 0 Å². The highest BCUT2D eigenvalue weighted by molar-refractivity contribution is 6.30. The summed E-state index contributed by atoms with van der Waals surface area (Å²) in [7, 11) is 1.63. The molecule has 0 radical (unpaired) electrons. The van der Waals surface area contributed by atoms with Gasteiger partial charge in [-0.3, -0.25) is 0 Å². The molecule has 2 N–H and O–H groups in total. The second-order valence-electron chi connectivity index (χ2n) is 5.13. The Kier molecular flexibility index (Phi) is 4.76. The van der Waals surface area contributed by atoms with Crippen LogP contribution in [0, 0.1) is 13.8 Å². The number of ether oxygens (including phenoxy) is 2. The molecule has 2 aromatic carbocycles. The fourth-order valence-electron chi connectivity index (χ4n) is 2.41. The van der Waals surface area contributed by atoms with E-state index in [9.17, 15) is 0 Å². The topological polar surface area (TPSA) is 44.5 Å². The fourth-order valence-corrected chi connectivity index (χ4v) is 2.74. The van der Waals surface area contributed by atoms with E-state index in [2.05, 4.69) is 0 Å². The van der Waals surface area contributed by atoms with Gasteiger partial charge in [0, 0.05) is 11.1 Å². The monoisotopic (exact) mass is 305 g/mol. The molecule has 0 bridgehead atoms. The molecule has 0 fully saturated rings. The van der Waals surface area contributed by atoms with Crippen LogP contribution in [-0.4, -0.2) is 7.11 Å². The molecule has 21 heavy (non-hydrogen) atoms. The van der Waals surface area contributed by atoms with Gasteiger partial charge in [0.05, 0.1) is 12.7 Å². The van der Waals surface area contributed by atoms with E-state index < -0.39 is 0 Å². The molecule has 0 aliphatic carbocycles. The molecular formula is C17H20ClNO2. The highest BCUT2D eigenvalue weighted by Crippen LogP contribution is 2.38. The highest BCUT2D eigenvalue weighted by atomic mass is 35.5. The summed E-state index contributed by atoms with van der Waals surface area (Å²) in [5.74, 6) is 2.24. The van der Waals surface area contributed by atoms with Gasteiger partial charge in [-0.1, -0.05) is 17.7 Å². The number of halogens is 1. The summed E-state index contributed by atoms with van der Waals surface area (Å²) in [6, 6.07) is 9.25. The Balaban J connectivity index is 2.50. The summed E-state index contributed by atoms with van der Waals surface area (Å²) in [4.78, 5) is 0. The zero-order valence-electron chi connectivity index (χ0n) is 12.7. The Hall–Kier alpha value is -1.71. The Morgan fingerprint density at radius 1 is 1.10 bits per heavy atom. The Bertz CT molecular complexity index is 630. The van der Waals surface area contributed by atoms with Crippen molar-refractivity contribution >= 4 is 11.6 Å². The third-order valence-electron chi connectivity index (χ3n) is 3.34. The van der Waals surface area contributed by atoms with Crippen molar-refractivity contribution in [1.82, 2.24) is 0 Å². The van der Waals surface area contributed by atoms with Gasteiger partial charge >= 0.3 is 0 Å². The lowest BCUT2D eigenvalue weighted by molar-refractivity contribution is 0.397. The molecule has 0 amide bonds. The summed E-state index contributed by atoms with van der Waals surface area (Å²) in [5.41, 5.74) is 8.89. The molecule has 4 heteroatoms. The number of aryl methyl sites for hydroxylation is 2. The van der Waals surface area contributed by atoms with E-state index in [1.54, 1.807) is 7.11 Å². The lowest BCUT2D eigenvalue weighted by Crippen LogP contribution is -2.09. The molecule has 0 unspecified atom stereocenters. The van der Waals surface area contributed by atoms with Crippen molar-refractivity contribution in [3.63, 3.8) is 0 Å². The van der Waals surface area contributed by atoms with Gasteiger partial charge in [0.15, 0.2) is 0 Å². The molecule has 0 aromatic heterocycles. The van der Waals surface area contributed by atoms with E-state index >= 15 is 0 Å². The molecule has 3 nitrogen and oxygen atoms in total. The first-order valence-electron chi connectivity index (χ1n) is 6.81. The smallest absolute Gasteiger partial charge is 0.135 e. The minimum atomic E-state index is -0.191. The summed E-state index contributed by atoms with van der Waals surface area (Å²) >= 11 is 6.06. The van der Waals surface area contributed by atoms with Gasteiger partial charge < -0.3 is 15.2 Å². The van der Waals surface area contributed by atoms with Crippen LogP contribution in [0.2, 0.25) is 5.02 Å². The maximum atomic E-state index is 6.11. The van der Waals surface area contributed by atoms with Crippen molar-refractivity contribution < 1.29 is 9.47 Å². The molecule has 0 heterocycles. The Labute approximate surface area is 130 Å². The molecule has 0 spiro atoms. The number of benzene rings is 2. The minimum Gasteiger partial charge on any atom is -0.496 e. The van der Waals surface area contributed by atoms with Crippen molar-refractivity contribution in [1.29, 1.82) is 0 Å². The van der Waals surface area contributed by atoms with Crippen molar-refractivity contribution in [2.45, 2.75) is 26.8 Å². The van der Waals surface area contributed by atoms with Gasteiger partial charge in [-0.2, -0.15) is 0 Å². The summed E-state index contributed by atoms with van der Waals surface area (Å²) in [6.07, 6.45) is 0. The van der Waals surface area contributed by atoms with Gasteiger partial charge in [-0.05, 0) is 56.2 Å². The van der Waals surface area contributed by atoms with E-state index in [4.69, 9.17) is 26.8 Å². The van der Waals surface area contributed by atoms with Crippen LogP contribution in [0.1, 0.15) is 29.7 Å². The summed E-state index contributed by atoms with van der Waals surface area (Å²) in [5, 5.41) is 0.704. The lowest BCUT2D eigenvalue weighted by Gasteiger charge is -2.19. The fraction of sp³-hybridized carbons (Fsp3) is 0.294. The molecular weight excluding hydrogens is 286 g/mol. The van der Waals surface area contributed by atoms with Crippen molar-refractivity contribution in [2.24, 2.45) is 5.73 Å². The minimum absolute atomic E-state index is 0.191. The number of nitrogens with two attached hydrogens (primary N) is 1. The van der Waals surface area contributed by atoms with Crippen LogP contribution in [0.15, 0.2) is 30.3 Å². The molecule has 112 valence electrons. The Morgan fingerprint density at radius 2 is 1.67 bits per heavy atom. The van der Waals surface area contributed by atoms with E-state index in [1.165, 1.54) is 0 Å². The summed E-state index contributed by atoms with van der Waals surface area (Å²) in [6.45, 7) is 5.85. The van der Waals surface area contributed by atoms with Crippen LogP contribution in [0.3, 0.4) is 0 Å². The van der Waals surface area contributed by atoms with Gasteiger partial charge in [-0.15, -0.1) is 0 Å². The third kappa shape index (κ3) is 3.31. The van der Waals surface area contributed by atoms with Gasteiger partial charge in [0.1, 0.15) is 17.2 Å². The van der Waals surface area contributed by atoms with Crippen molar-refractivity contribution in [3.05, 3.63) is 52.0 Å². The number of hydrogen-bond acceptors (Lipinski definition) is 3. The summed E-state index contributed by atoms with van der Waals surface area (Å²) < 4.78 is 11.5. The highest BCUT2D eigenvalue weighted by Gasteiger charge is 2.16. The number of hydrogen-bond donors (Lipinski definition) is 1. The molecule has 2 aromatic rings. The second-order valence-corrected chi connectivity index (χ2v) is 5.57. The average Bonchev–Trinajstić information content (AvgIpc) is 2.42. The number of methoxy groups -OCH3 is 1. The average molecular weight is 306 g/mol. The van der Waals surface area contributed by atoms with Gasteiger partial charge in [0.25, 0.3) is 0 Å². The van der Waals surface area contributed by atoms with E-state index in [0.717, 1.165) is 28.2 Å². The number of rotatable bonds is 4. The predicted molar refractivity (Wildman–Crippen MR) is 86.6 cm³/mol. The third-order valence-corrected chi connectivity index (χ3v) is 3.56. The van der Waals surface area contributed by atoms with Crippen LogP contribution in [-0.2, 0) is 0 Å². The first-order valence-corrected chi connectivity index (χ1v) is 7.19. The maximum Gasteiger partial charge on any atom is 0.135 e. The first-order chi connectivity index (χ1) is 9.93. The van der Waals surface area contributed by atoms with E-state index in [0.29, 0.717) is 10.8 Å². The molecule has 0 aliphatic rings. The van der Waals surface area contributed by atoms with Crippen LogP contribution in [0.5, 0.6) is 17.2 Å². The van der Waals surface area contributed by atoms with Gasteiger partial charge in [-0.25, -0.2) is 0 Å². The zero-order chi connectivity index (χ0) is 15.6. The van der Waals surface area contributed by atoms with Crippen LogP contribution < -0.4 is 15.2 Å². The van der Waals surface area contributed by atoms with Crippen LogP contribution in [0.4, 0.5) is 0 Å². The van der Waals surface area contributed by atoms with Crippen molar-refractivity contribution in [2.75, 3.05) is 7.11 Å². The quantitative estimate of drug-likeness (QED) is 0.884. The standard InChI is InChI=1S/C17H20ClNO2/c1-10-8-13(18)9-11(2)17(10)21-15-7-5-6-14(20-4)16(15)12(3)19/h5-9,12H,19H2,1-4H3/t12-/m1/s1. The molecule has 0 saturated carbocycles. The van der Waals surface area contributed by atoms with E-state index in [-0.39, 0.29) is 6.04 Å². The van der Waals surface area contributed by atoms with Gasteiger partial charge in [0.2, 0.25) is 0 Å². The SMILES string of the molecule is COc1cccc(Oc2c(C)cc(Cl)cc2C)c1[C@@H](C)N.